The summed E-state index contributed by atoms with van der Waals surface area (Å²) in [6.45, 7) is 4.29. The molecule has 1 heterocycles. The number of hydrogen-bond donors (Lipinski definition) is 1. The number of halogens is 2. The van der Waals surface area contributed by atoms with Crippen LogP contribution in [0.4, 0.5) is 10.1 Å². The lowest BCUT2D eigenvalue weighted by atomic mass is 10.2. The number of hydrogen-bond acceptors (Lipinski definition) is 2. The van der Waals surface area contributed by atoms with Gasteiger partial charge in [0.2, 0.25) is 0 Å². The van der Waals surface area contributed by atoms with Crippen LogP contribution in [-0.2, 0) is 13.6 Å². The van der Waals surface area contributed by atoms with Crippen molar-refractivity contribution in [3.8, 4) is 0 Å². The molecule has 2 aromatic rings. The van der Waals surface area contributed by atoms with Crippen LogP contribution in [0.3, 0.4) is 0 Å². The third-order valence-corrected chi connectivity index (χ3v) is 3.25. The van der Waals surface area contributed by atoms with E-state index in [0.29, 0.717) is 11.7 Å². The van der Waals surface area contributed by atoms with E-state index in [1.165, 1.54) is 12.1 Å². The summed E-state index contributed by atoms with van der Waals surface area (Å²) in [6, 6.07) is 4.85. The van der Waals surface area contributed by atoms with E-state index in [1.54, 1.807) is 11.7 Å². The lowest BCUT2D eigenvalue weighted by Crippen LogP contribution is -2.01. The number of aromatic nitrogens is 2. The van der Waals surface area contributed by atoms with E-state index in [0.717, 1.165) is 22.5 Å². The summed E-state index contributed by atoms with van der Waals surface area (Å²) < 4.78 is 14.9. The second kappa shape index (κ2) is 4.98. The van der Waals surface area contributed by atoms with Crippen molar-refractivity contribution in [2.75, 3.05) is 5.32 Å². The fraction of sp³-hybridized carbons (Fsp3) is 0.308. The van der Waals surface area contributed by atoms with Crippen LogP contribution in [0.5, 0.6) is 0 Å². The number of anilines is 1. The molecule has 1 N–H and O–H groups in total. The SMILES string of the molecule is Cc1cc(F)cc(NCc2c(C)nn(C)c2Cl)c1. The van der Waals surface area contributed by atoms with Crippen LogP contribution in [0, 0.1) is 19.7 Å². The zero-order valence-electron chi connectivity index (χ0n) is 10.6. The summed E-state index contributed by atoms with van der Waals surface area (Å²) in [6.07, 6.45) is 0. The Morgan fingerprint density at radius 3 is 2.61 bits per heavy atom. The number of rotatable bonds is 3. The third kappa shape index (κ3) is 2.64. The van der Waals surface area contributed by atoms with Gasteiger partial charge in [0.05, 0.1) is 5.69 Å². The van der Waals surface area contributed by atoms with E-state index in [9.17, 15) is 4.39 Å². The minimum atomic E-state index is -0.244. The van der Waals surface area contributed by atoms with E-state index in [-0.39, 0.29) is 5.82 Å². The van der Waals surface area contributed by atoms with Crippen LogP contribution in [0.2, 0.25) is 5.15 Å². The normalized spacial score (nSPS) is 10.7. The number of aryl methyl sites for hydroxylation is 3. The number of nitrogens with one attached hydrogen (secondary N) is 1. The topological polar surface area (TPSA) is 29.9 Å². The molecule has 0 fully saturated rings. The predicted molar refractivity (Wildman–Crippen MR) is 71.4 cm³/mol. The standard InChI is InChI=1S/C13H15ClFN3/c1-8-4-10(15)6-11(5-8)16-7-12-9(2)17-18(3)13(12)14/h4-6,16H,7H2,1-3H3. The Kier molecular flexibility index (Phi) is 3.57. The zero-order valence-corrected chi connectivity index (χ0v) is 11.3. The quantitative estimate of drug-likeness (QED) is 0.923. The fourth-order valence-corrected chi connectivity index (χ4v) is 2.14. The van der Waals surface area contributed by atoms with Gasteiger partial charge in [0, 0.05) is 24.8 Å². The van der Waals surface area contributed by atoms with Crippen LogP contribution >= 0.6 is 11.6 Å². The van der Waals surface area contributed by atoms with Crippen molar-refractivity contribution in [3.05, 3.63) is 46.0 Å². The first-order chi connectivity index (χ1) is 8.47. The second-order valence-corrected chi connectivity index (χ2v) is 4.71. The maximum atomic E-state index is 13.2. The molecule has 1 aromatic heterocycles. The fourth-order valence-electron chi connectivity index (χ4n) is 1.90. The Bertz CT molecular complexity index is 558. The van der Waals surface area contributed by atoms with Gasteiger partial charge in [0.1, 0.15) is 11.0 Å². The molecule has 18 heavy (non-hydrogen) atoms. The van der Waals surface area contributed by atoms with Gasteiger partial charge < -0.3 is 5.32 Å². The molecule has 3 nitrogen and oxygen atoms in total. The summed E-state index contributed by atoms with van der Waals surface area (Å²) >= 11 is 6.13. The average molecular weight is 268 g/mol. The summed E-state index contributed by atoms with van der Waals surface area (Å²) in [5, 5.41) is 7.99. The summed E-state index contributed by atoms with van der Waals surface area (Å²) in [7, 11) is 1.80. The molecule has 2 rings (SSSR count). The van der Waals surface area contributed by atoms with Crippen LogP contribution in [0.15, 0.2) is 18.2 Å². The van der Waals surface area contributed by atoms with Gasteiger partial charge in [-0.3, -0.25) is 4.68 Å². The van der Waals surface area contributed by atoms with Gasteiger partial charge in [0.25, 0.3) is 0 Å². The van der Waals surface area contributed by atoms with Gasteiger partial charge in [0.15, 0.2) is 0 Å². The van der Waals surface area contributed by atoms with E-state index in [4.69, 9.17) is 11.6 Å². The largest absolute Gasteiger partial charge is 0.381 e. The second-order valence-electron chi connectivity index (χ2n) is 4.35. The van der Waals surface area contributed by atoms with Crippen LogP contribution < -0.4 is 5.32 Å². The van der Waals surface area contributed by atoms with E-state index >= 15 is 0 Å². The molecule has 96 valence electrons. The van der Waals surface area contributed by atoms with E-state index in [2.05, 4.69) is 10.4 Å². The Labute approximate surface area is 111 Å². The Balaban J connectivity index is 2.16. The van der Waals surface area contributed by atoms with Gasteiger partial charge in [-0.2, -0.15) is 5.10 Å². The highest BCUT2D eigenvalue weighted by atomic mass is 35.5. The van der Waals surface area contributed by atoms with Crippen molar-refractivity contribution in [2.24, 2.45) is 7.05 Å². The molecule has 0 amide bonds. The molecule has 0 saturated heterocycles. The van der Waals surface area contributed by atoms with Crippen molar-refractivity contribution in [3.63, 3.8) is 0 Å². The van der Waals surface area contributed by atoms with Gasteiger partial charge in [-0.1, -0.05) is 11.6 Å². The van der Waals surface area contributed by atoms with Crippen molar-refractivity contribution in [1.29, 1.82) is 0 Å². The van der Waals surface area contributed by atoms with Crippen LogP contribution in [-0.4, -0.2) is 9.78 Å². The first-order valence-electron chi connectivity index (χ1n) is 5.66. The average Bonchev–Trinajstić information content (AvgIpc) is 2.50. The number of nitrogens with zero attached hydrogens (tertiary/aromatic N) is 2. The molecule has 0 atom stereocenters. The summed E-state index contributed by atoms with van der Waals surface area (Å²) in [4.78, 5) is 0. The molecule has 5 heteroatoms. The molecular formula is C13H15ClFN3. The van der Waals surface area contributed by atoms with Gasteiger partial charge >= 0.3 is 0 Å². The highest BCUT2D eigenvalue weighted by molar-refractivity contribution is 6.30. The van der Waals surface area contributed by atoms with E-state index < -0.39 is 0 Å². The number of benzene rings is 1. The van der Waals surface area contributed by atoms with Crippen LogP contribution in [0.25, 0.3) is 0 Å². The minimum absolute atomic E-state index is 0.244. The maximum Gasteiger partial charge on any atom is 0.131 e. The van der Waals surface area contributed by atoms with Crippen molar-refractivity contribution >= 4 is 17.3 Å². The van der Waals surface area contributed by atoms with Gasteiger partial charge in [-0.05, 0) is 37.6 Å². The monoisotopic (exact) mass is 267 g/mol. The smallest absolute Gasteiger partial charge is 0.131 e. The first-order valence-corrected chi connectivity index (χ1v) is 6.04. The Hall–Kier alpha value is -1.55. The lowest BCUT2D eigenvalue weighted by molar-refractivity contribution is 0.627. The highest BCUT2D eigenvalue weighted by Gasteiger charge is 2.10. The molecule has 0 aliphatic carbocycles. The van der Waals surface area contributed by atoms with E-state index in [1.807, 2.05) is 19.9 Å². The maximum absolute atomic E-state index is 13.2. The molecule has 0 unspecified atom stereocenters. The minimum Gasteiger partial charge on any atom is -0.381 e. The van der Waals surface area contributed by atoms with Crippen molar-refractivity contribution in [2.45, 2.75) is 20.4 Å². The van der Waals surface area contributed by atoms with Crippen molar-refractivity contribution in [1.82, 2.24) is 9.78 Å². The summed E-state index contributed by atoms with van der Waals surface area (Å²) in [5.41, 5.74) is 3.43. The molecule has 0 spiro atoms. The Morgan fingerprint density at radius 2 is 2.06 bits per heavy atom. The Morgan fingerprint density at radius 1 is 1.33 bits per heavy atom. The molecule has 1 aromatic carbocycles. The molecule has 0 aliphatic heterocycles. The molecule has 0 aliphatic rings. The zero-order chi connectivity index (χ0) is 13.3. The van der Waals surface area contributed by atoms with Gasteiger partial charge in [-0.15, -0.1) is 0 Å². The highest BCUT2D eigenvalue weighted by Crippen LogP contribution is 2.21. The lowest BCUT2D eigenvalue weighted by Gasteiger charge is -2.07. The molecule has 0 saturated carbocycles. The molecule has 0 bridgehead atoms. The third-order valence-electron chi connectivity index (χ3n) is 2.78. The van der Waals surface area contributed by atoms with Gasteiger partial charge in [-0.25, -0.2) is 4.39 Å². The first kappa shape index (κ1) is 12.9. The predicted octanol–water partition coefficient (Wildman–Crippen LogP) is 3.44. The molecule has 0 radical (unpaired) electrons. The van der Waals surface area contributed by atoms with Crippen LogP contribution in [0.1, 0.15) is 16.8 Å². The molecular weight excluding hydrogens is 253 g/mol. The van der Waals surface area contributed by atoms with Crippen molar-refractivity contribution < 1.29 is 4.39 Å². The summed E-state index contributed by atoms with van der Waals surface area (Å²) in [5.74, 6) is -0.244.